The summed E-state index contributed by atoms with van der Waals surface area (Å²) in [6.45, 7) is 0.0304. The highest BCUT2D eigenvalue weighted by molar-refractivity contribution is 7.87. The number of nitrogens with zero attached hydrogens (tertiary/aromatic N) is 1. The molecule has 0 saturated carbocycles. The molecule has 0 radical (unpaired) electrons. The molecule has 8 heteroatoms. The van der Waals surface area contributed by atoms with Crippen molar-refractivity contribution in [2.75, 3.05) is 19.7 Å². The Morgan fingerprint density at radius 2 is 1.76 bits per heavy atom. The van der Waals surface area contributed by atoms with Crippen molar-refractivity contribution >= 4 is 16.2 Å². The van der Waals surface area contributed by atoms with Crippen LogP contribution in [0.3, 0.4) is 0 Å². The summed E-state index contributed by atoms with van der Waals surface area (Å²) in [5.41, 5.74) is 0. The number of carbonyl (C=O) groups is 1. The molecule has 1 atom stereocenters. The molecule has 1 aliphatic heterocycles. The predicted molar refractivity (Wildman–Crippen MR) is 60.6 cm³/mol. The van der Waals surface area contributed by atoms with Crippen LogP contribution in [0.4, 0.5) is 0 Å². The summed E-state index contributed by atoms with van der Waals surface area (Å²) in [6.07, 6.45) is 3.51. The van der Waals surface area contributed by atoms with Crippen LogP contribution in [0.15, 0.2) is 0 Å². The number of nitrogens with one attached hydrogen (secondary N) is 1. The molecular formula is C9H18N2O5S. The van der Waals surface area contributed by atoms with E-state index in [-0.39, 0.29) is 0 Å². The van der Waals surface area contributed by atoms with Gasteiger partial charge in [-0.2, -0.15) is 17.4 Å². The van der Waals surface area contributed by atoms with Crippen molar-refractivity contribution in [2.45, 2.75) is 31.7 Å². The Hall–Kier alpha value is -0.700. The molecule has 0 spiro atoms. The van der Waals surface area contributed by atoms with Crippen LogP contribution in [0.1, 0.15) is 25.7 Å². The smallest absolute Gasteiger partial charge is 0.324 e. The number of hydrogen-bond acceptors (Lipinski definition) is 4. The van der Waals surface area contributed by atoms with Gasteiger partial charge in [0, 0.05) is 13.1 Å². The molecule has 100 valence electrons. The Morgan fingerprint density at radius 1 is 1.24 bits per heavy atom. The Kier molecular flexibility index (Phi) is 5.31. The van der Waals surface area contributed by atoms with E-state index >= 15 is 0 Å². The normalized spacial score (nSPS) is 20.8. The first-order valence-electron chi connectivity index (χ1n) is 5.58. The highest BCUT2D eigenvalue weighted by atomic mass is 32.2. The first-order valence-corrected chi connectivity index (χ1v) is 7.02. The van der Waals surface area contributed by atoms with Crippen LogP contribution in [0.5, 0.6) is 0 Å². The molecule has 0 aromatic rings. The molecule has 0 bridgehead atoms. The summed E-state index contributed by atoms with van der Waals surface area (Å²) in [4.78, 5) is 10.7. The lowest BCUT2D eigenvalue weighted by atomic mass is 10.2. The van der Waals surface area contributed by atoms with Crippen molar-refractivity contribution in [3.63, 3.8) is 0 Å². The van der Waals surface area contributed by atoms with E-state index in [9.17, 15) is 13.2 Å². The van der Waals surface area contributed by atoms with Crippen LogP contribution in [0.2, 0.25) is 0 Å². The summed E-state index contributed by atoms with van der Waals surface area (Å²) < 4.78 is 26.9. The molecule has 1 saturated heterocycles. The van der Waals surface area contributed by atoms with E-state index in [1.807, 2.05) is 4.72 Å². The second-order valence-corrected chi connectivity index (χ2v) is 5.71. The molecule has 1 heterocycles. The van der Waals surface area contributed by atoms with E-state index in [1.165, 1.54) is 4.31 Å². The number of rotatable bonds is 5. The van der Waals surface area contributed by atoms with Crippen LogP contribution >= 0.6 is 0 Å². The maximum absolute atomic E-state index is 11.9. The third-order valence-electron chi connectivity index (χ3n) is 2.68. The monoisotopic (exact) mass is 266 g/mol. The van der Waals surface area contributed by atoms with Gasteiger partial charge in [-0.05, 0) is 12.8 Å². The van der Waals surface area contributed by atoms with Crippen molar-refractivity contribution in [1.82, 2.24) is 9.03 Å². The minimum absolute atomic E-state index is 0.396. The highest BCUT2D eigenvalue weighted by Gasteiger charge is 2.28. The van der Waals surface area contributed by atoms with E-state index in [0.717, 1.165) is 25.7 Å². The molecule has 3 N–H and O–H groups in total. The lowest BCUT2D eigenvalue weighted by Crippen LogP contribution is -2.50. The molecule has 0 aliphatic carbocycles. The molecular weight excluding hydrogens is 248 g/mol. The van der Waals surface area contributed by atoms with Crippen LogP contribution in [0, 0.1) is 0 Å². The Morgan fingerprint density at radius 3 is 2.18 bits per heavy atom. The van der Waals surface area contributed by atoms with E-state index in [4.69, 9.17) is 10.2 Å². The third kappa shape index (κ3) is 4.23. The standard InChI is InChI=1S/C9H18N2O5S/c12-7-8(9(13)14)10-17(15,16)11-5-3-1-2-4-6-11/h8,10,12H,1-7H2,(H,13,14)/t8-/m1/s1. The fraction of sp³-hybridized carbons (Fsp3) is 0.889. The van der Waals surface area contributed by atoms with Crippen LogP contribution in [-0.2, 0) is 15.0 Å². The Labute approximate surface area is 101 Å². The average molecular weight is 266 g/mol. The molecule has 0 unspecified atom stereocenters. The van der Waals surface area contributed by atoms with Crippen molar-refractivity contribution in [1.29, 1.82) is 0 Å². The molecule has 7 nitrogen and oxygen atoms in total. The SMILES string of the molecule is O=C(O)[C@@H](CO)NS(=O)(=O)N1CCCCCC1. The number of aliphatic carboxylic acids is 1. The van der Waals surface area contributed by atoms with E-state index in [2.05, 4.69) is 0 Å². The lowest BCUT2D eigenvalue weighted by Gasteiger charge is -2.22. The zero-order valence-electron chi connectivity index (χ0n) is 9.50. The topological polar surface area (TPSA) is 107 Å². The fourth-order valence-corrected chi connectivity index (χ4v) is 3.12. The summed E-state index contributed by atoms with van der Waals surface area (Å²) in [6, 6.07) is -1.48. The number of carboxylic acid groups (broad SMARTS) is 1. The van der Waals surface area contributed by atoms with E-state index < -0.39 is 28.8 Å². The second kappa shape index (κ2) is 6.29. The van der Waals surface area contributed by atoms with Crippen LogP contribution in [-0.4, -0.2) is 54.6 Å². The third-order valence-corrected chi connectivity index (χ3v) is 4.30. The van der Waals surface area contributed by atoms with Crippen molar-refractivity contribution in [2.24, 2.45) is 0 Å². The van der Waals surface area contributed by atoms with Gasteiger partial charge in [0.2, 0.25) is 0 Å². The Balaban J connectivity index is 2.68. The van der Waals surface area contributed by atoms with Gasteiger partial charge >= 0.3 is 5.97 Å². The van der Waals surface area contributed by atoms with Gasteiger partial charge < -0.3 is 10.2 Å². The number of carboxylic acids is 1. The summed E-state index contributed by atoms with van der Waals surface area (Å²) in [5.74, 6) is -1.38. The van der Waals surface area contributed by atoms with Crippen molar-refractivity contribution < 1.29 is 23.4 Å². The first kappa shape index (κ1) is 14.4. The van der Waals surface area contributed by atoms with E-state index in [0.29, 0.717) is 13.1 Å². The second-order valence-electron chi connectivity index (χ2n) is 4.01. The predicted octanol–water partition coefficient (Wildman–Crippen LogP) is -0.858. The largest absolute Gasteiger partial charge is 0.480 e. The molecule has 1 aliphatic rings. The quantitative estimate of drug-likeness (QED) is 0.600. The number of hydrogen-bond donors (Lipinski definition) is 3. The maximum Gasteiger partial charge on any atom is 0.324 e. The lowest BCUT2D eigenvalue weighted by molar-refractivity contribution is -0.139. The number of aliphatic hydroxyl groups excluding tert-OH is 1. The van der Waals surface area contributed by atoms with Gasteiger partial charge in [-0.1, -0.05) is 12.8 Å². The van der Waals surface area contributed by atoms with Crippen molar-refractivity contribution in [3.05, 3.63) is 0 Å². The fourth-order valence-electron chi connectivity index (χ4n) is 1.70. The molecule has 1 fully saturated rings. The molecule has 1 rings (SSSR count). The van der Waals surface area contributed by atoms with Gasteiger partial charge in [0.1, 0.15) is 6.04 Å². The number of aliphatic hydroxyl groups is 1. The summed E-state index contributed by atoms with van der Waals surface area (Å²) >= 11 is 0. The van der Waals surface area contributed by atoms with Crippen molar-refractivity contribution in [3.8, 4) is 0 Å². The zero-order valence-corrected chi connectivity index (χ0v) is 10.3. The molecule has 0 amide bonds. The van der Waals surface area contributed by atoms with Gasteiger partial charge in [0.15, 0.2) is 0 Å². The summed E-state index contributed by atoms with van der Waals surface area (Å²) in [7, 11) is -3.82. The van der Waals surface area contributed by atoms with Gasteiger partial charge in [-0.3, -0.25) is 4.79 Å². The van der Waals surface area contributed by atoms with Gasteiger partial charge in [-0.15, -0.1) is 0 Å². The molecule has 17 heavy (non-hydrogen) atoms. The van der Waals surface area contributed by atoms with Crippen LogP contribution < -0.4 is 4.72 Å². The van der Waals surface area contributed by atoms with Gasteiger partial charge in [0.05, 0.1) is 6.61 Å². The van der Waals surface area contributed by atoms with Crippen LogP contribution in [0.25, 0.3) is 0 Å². The molecule has 0 aromatic heterocycles. The van der Waals surface area contributed by atoms with E-state index in [1.54, 1.807) is 0 Å². The first-order chi connectivity index (χ1) is 7.97. The highest BCUT2D eigenvalue weighted by Crippen LogP contribution is 2.12. The Bertz CT molecular complexity index is 348. The maximum atomic E-state index is 11.9. The van der Waals surface area contributed by atoms with Gasteiger partial charge in [0.25, 0.3) is 10.2 Å². The minimum Gasteiger partial charge on any atom is -0.480 e. The molecule has 0 aromatic carbocycles. The average Bonchev–Trinajstić information content (AvgIpc) is 2.54. The summed E-state index contributed by atoms with van der Waals surface area (Å²) in [5, 5.41) is 17.5. The minimum atomic E-state index is -3.82. The zero-order chi connectivity index (χ0) is 12.9. The van der Waals surface area contributed by atoms with Gasteiger partial charge in [-0.25, -0.2) is 0 Å².